The van der Waals surface area contributed by atoms with Crippen molar-refractivity contribution in [3.05, 3.63) is 0 Å². The van der Waals surface area contributed by atoms with E-state index in [-0.39, 0.29) is 38.8 Å². The summed E-state index contributed by atoms with van der Waals surface area (Å²) in [5.41, 5.74) is 0. The van der Waals surface area contributed by atoms with Crippen LogP contribution in [-0.2, 0) is 29.2 Å². The Morgan fingerprint density at radius 3 is 2.76 bits per heavy atom. The molecule has 124 valence electrons. The first-order chi connectivity index (χ1) is 9.99. The smallest absolute Gasteiger partial charge is 0.306 e. The highest BCUT2D eigenvalue weighted by molar-refractivity contribution is 7.87. The van der Waals surface area contributed by atoms with Gasteiger partial charge >= 0.3 is 5.97 Å². The van der Waals surface area contributed by atoms with E-state index in [0.29, 0.717) is 6.61 Å². The van der Waals surface area contributed by atoms with Gasteiger partial charge in [0, 0.05) is 33.4 Å². The van der Waals surface area contributed by atoms with Gasteiger partial charge in [-0.15, -0.1) is 0 Å². The molecule has 1 N–H and O–H groups in total. The quantitative estimate of drug-likeness (QED) is 0.430. The Morgan fingerprint density at radius 1 is 1.43 bits per heavy atom. The number of rotatable bonds is 10. The molecule has 0 bridgehead atoms. The lowest BCUT2D eigenvalue weighted by Crippen LogP contribution is -2.46. The molecular weight excluding hydrogens is 300 g/mol. The molecule has 1 fully saturated rings. The summed E-state index contributed by atoms with van der Waals surface area (Å²) in [5, 5.41) is 0. The average molecular weight is 324 g/mol. The lowest BCUT2D eigenvalue weighted by molar-refractivity contribution is -0.140. The zero-order valence-electron chi connectivity index (χ0n) is 12.5. The van der Waals surface area contributed by atoms with Gasteiger partial charge in [0.25, 0.3) is 10.2 Å². The monoisotopic (exact) mass is 324 g/mol. The minimum atomic E-state index is -3.67. The van der Waals surface area contributed by atoms with E-state index in [1.165, 1.54) is 18.5 Å². The molecule has 1 aliphatic rings. The Labute approximate surface area is 125 Å². The van der Waals surface area contributed by atoms with Crippen molar-refractivity contribution in [2.75, 3.05) is 47.1 Å². The van der Waals surface area contributed by atoms with Crippen molar-refractivity contribution in [2.45, 2.75) is 25.4 Å². The van der Waals surface area contributed by atoms with Crippen molar-refractivity contribution in [1.29, 1.82) is 0 Å². The van der Waals surface area contributed by atoms with E-state index < -0.39 is 16.2 Å². The minimum absolute atomic E-state index is 0.00834. The molecule has 0 spiro atoms. The Balaban J connectivity index is 2.61. The summed E-state index contributed by atoms with van der Waals surface area (Å²) in [7, 11) is -0.899. The topological polar surface area (TPSA) is 94.2 Å². The molecular formula is C12H24N2O6S. The molecule has 0 saturated carbocycles. The SMILES string of the molecule is COCCNS(=O)(=O)N(CCC(=O)OC)CC1CCCO1. The van der Waals surface area contributed by atoms with E-state index in [2.05, 4.69) is 9.46 Å². The first-order valence-corrected chi connectivity index (χ1v) is 8.35. The van der Waals surface area contributed by atoms with Gasteiger partial charge in [0.2, 0.25) is 0 Å². The number of ether oxygens (including phenoxy) is 3. The van der Waals surface area contributed by atoms with E-state index in [9.17, 15) is 13.2 Å². The summed E-state index contributed by atoms with van der Waals surface area (Å²) in [5.74, 6) is -0.445. The zero-order chi connectivity index (χ0) is 15.7. The fourth-order valence-electron chi connectivity index (χ4n) is 2.01. The molecule has 1 aliphatic heterocycles. The molecule has 0 aromatic heterocycles. The van der Waals surface area contributed by atoms with Gasteiger partial charge in [-0.1, -0.05) is 0 Å². The molecule has 0 aliphatic carbocycles. The van der Waals surface area contributed by atoms with Crippen LogP contribution in [-0.4, -0.2) is 71.9 Å². The van der Waals surface area contributed by atoms with Crippen LogP contribution < -0.4 is 4.72 Å². The average Bonchev–Trinajstić information content (AvgIpc) is 2.96. The second kappa shape index (κ2) is 9.31. The molecule has 1 atom stereocenters. The summed E-state index contributed by atoms with van der Waals surface area (Å²) in [6.07, 6.45) is 1.63. The van der Waals surface area contributed by atoms with Gasteiger partial charge in [0.05, 0.1) is 26.2 Å². The number of nitrogens with one attached hydrogen (secondary N) is 1. The van der Waals surface area contributed by atoms with E-state index in [1.54, 1.807) is 0 Å². The molecule has 0 amide bonds. The third kappa shape index (κ3) is 6.70. The van der Waals surface area contributed by atoms with Crippen LogP contribution in [0.3, 0.4) is 0 Å². The first kappa shape index (κ1) is 18.3. The van der Waals surface area contributed by atoms with Crippen LogP contribution in [0.4, 0.5) is 0 Å². The van der Waals surface area contributed by atoms with Crippen LogP contribution in [0.15, 0.2) is 0 Å². The van der Waals surface area contributed by atoms with Gasteiger partial charge in [-0.2, -0.15) is 17.4 Å². The number of methoxy groups -OCH3 is 2. The van der Waals surface area contributed by atoms with Gasteiger partial charge in [-0.05, 0) is 12.8 Å². The third-order valence-corrected chi connectivity index (χ3v) is 4.74. The maximum atomic E-state index is 12.2. The van der Waals surface area contributed by atoms with Crippen LogP contribution in [0, 0.1) is 0 Å². The van der Waals surface area contributed by atoms with Crippen molar-refractivity contribution in [1.82, 2.24) is 9.03 Å². The molecule has 0 radical (unpaired) electrons. The second-order valence-corrected chi connectivity index (χ2v) is 6.47. The summed E-state index contributed by atoms with van der Waals surface area (Å²) >= 11 is 0. The van der Waals surface area contributed by atoms with E-state index in [0.717, 1.165) is 12.8 Å². The molecule has 1 saturated heterocycles. The Hall–Kier alpha value is -0.740. The molecule has 21 heavy (non-hydrogen) atoms. The van der Waals surface area contributed by atoms with Crippen molar-refractivity contribution in [2.24, 2.45) is 0 Å². The Bertz CT molecular complexity index is 408. The number of hydrogen-bond donors (Lipinski definition) is 1. The number of esters is 1. The highest BCUT2D eigenvalue weighted by atomic mass is 32.2. The van der Waals surface area contributed by atoms with E-state index in [1.807, 2.05) is 0 Å². The van der Waals surface area contributed by atoms with Gasteiger partial charge in [0.1, 0.15) is 0 Å². The largest absolute Gasteiger partial charge is 0.469 e. The van der Waals surface area contributed by atoms with Crippen LogP contribution in [0.2, 0.25) is 0 Å². The molecule has 8 nitrogen and oxygen atoms in total. The van der Waals surface area contributed by atoms with Crippen LogP contribution >= 0.6 is 0 Å². The predicted octanol–water partition coefficient (Wildman–Crippen LogP) is -0.489. The predicted molar refractivity (Wildman–Crippen MR) is 76.0 cm³/mol. The number of carbonyl (C=O) groups excluding carboxylic acids is 1. The lowest BCUT2D eigenvalue weighted by Gasteiger charge is -2.24. The van der Waals surface area contributed by atoms with Crippen molar-refractivity contribution < 1.29 is 27.4 Å². The number of nitrogens with zero attached hydrogens (tertiary/aromatic N) is 1. The van der Waals surface area contributed by atoms with Crippen LogP contribution in [0.25, 0.3) is 0 Å². The summed E-state index contributed by atoms with van der Waals surface area (Å²) in [4.78, 5) is 11.2. The number of hydrogen-bond acceptors (Lipinski definition) is 6. The normalized spacial score (nSPS) is 19.1. The van der Waals surface area contributed by atoms with Gasteiger partial charge < -0.3 is 14.2 Å². The van der Waals surface area contributed by atoms with Crippen molar-refractivity contribution >= 4 is 16.2 Å². The lowest BCUT2D eigenvalue weighted by atomic mass is 10.2. The second-order valence-electron chi connectivity index (χ2n) is 4.71. The standard InChI is InChI=1S/C12H24N2O6S/c1-18-9-6-13-21(16,17)14(7-5-12(15)19-2)10-11-4-3-8-20-11/h11,13H,3-10H2,1-2H3. The maximum absolute atomic E-state index is 12.2. The van der Waals surface area contributed by atoms with Gasteiger partial charge in [-0.3, -0.25) is 4.79 Å². The molecule has 9 heteroatoms. The zero-order valence-corrected chi connectivity index (χ0v) is 13.4. The number of carbonyl (C=O) groups is 1. The Kier molecular flexibility index (Phi) is 8.12. The third-order valence-electron chi connectivity index (χ3n) is 3.15. The molecule has 1 rings (SSSR count). The maximum Gasteiger partial charge on any atom is 0.306 e. The van der Waals surface area contributed by atoms with Gasteiger partial charge in [0.15, 0.2) is 0 Å². The molecule has 1 unspecified atom stereocenters. The van der Waals surface area contributed by atoms with Crippen molar-refractivity contribution in [3.8, 4) is 0 Å². The minimum Gasteiger partial charge on any atom is -0.469 e. The first-order valence-electron chi connectivity index (χ1n) is 6.91. The van der Waals surface area contributed by atoms with Crippen molar-refractivity contribution in [3.63, 3.8) is 0 Å². The highest BCUT2D eigenvalue weighted by Gasteiger charge is 2.27. The summed E-state index contributed by atoms with van der Waals surface area (Å²) in [6, 6.07) is 0. The fourth-order valence-corrected chi connectivity index (χ4v) is 3.23. The van der Waals surface area contributed by atoms with Crippen LogP contribution in [0.1, 0.15) is 19.3 Å². The van der Waals surface area contributed by atoms with Gasteiger partial charge in [-0.25, -0.2) is 0 Å². The molecule has 0 aromatic carbocycles. The highest BCUT2D eigenvalue weighted by Crippen LogP contribution is 2.15. The van der Waals surface area contributed by atoms with E-state index in [4.69, 9.17) is 9.47 Å². The summed E-state index contributed by atoms with van der Waals surface area (Å²) < 4.78 is 43.0. The molecule has 1 heterocycles. The fraction of sp³-hybridized carbons (Fsp3) is 0.917. The van der Waals surface area contributed by atoms with E-state index >= 15 is 0 Å². The van der Waals surface area contributed by atoms with Crippen LogP contribution in [0.5, 0.6) is 0 Å². The summed E-state index contributed by atoms with van der Waals surface area (Å²) in [6.45, 7) is 1.41. The Morgan fingerprint density at radius 2 is 2.19 bits per heavy atom. The molecule has 0 aromatic rings.